The van der Waals surface area contributed by atoms with Gasteiger partial charge in [0, 0.05) is 6.04 Å². The summed E-state index contributed by atoms with van der Waals surface area (Å²) in [6.07, 6.45) is 8.45. The molecule has 3 atom stereocenters. The zero-order valence-electron chi connectivity index (χ0n) is 12.9. The average molecular weight is 269 g/mol. The summed E-state index contributed by atoms with van der Waals surface area (Å²) in [6, 6.07) is 9.47. The van der Waals surface area contributed by atoms with Gasteiger partial charge in [-0.25, -0.2) is 0 Å². The van der Waals surface area contributed by atoms with Crippen molar-refractivity contribution in [1.82, 2.24) is 0 Å². The molecular formula is C19H27N. The van der Waals surface area contributed by atoms with Crippen LogP contribution in [-0.4, -0.2) is 6.04 Å². The van der Waals surface area contributed by atoms with Gasteiger partial charge in [-0.15, -0.1) is 0 Å². The van der Waals surface area contributed by atoms with Gasteiger partial charge in [0.05, 0.1) is 0 Å². The highest BCUT2D eigenvalue weighted by molar-refractivity contribution is 5.37. The zero-order chi connectivity index (χ0) is 14.0. The van der Waals surface area contributed by atoms with Crippen LogP contribution in [0.1, 0.15) is 56.6 Å². The number of hydrogen-bond acceptors (Lipinski definition) is 1. The summed E-state index contributed by atoms with van der Waals surface area (Å²) in [5, 5.41) is 0. The van der Waals surface area contributed by atoms with Crippen LogP contribution in [0.4, 0.5) is 0 Å². The second kappa shape index (κ2) is 4.10. The quantitative estimate of drug-likeness (QED) is 0.856. The van der Waals surface area contributed by atoms with Gasteiger partial charge in [-0.3, -0.25) is 0 Å². The number of benzene rings is 1. The van der Waals surface area contributed by atoms with E-state index < -0.39 is 0 Å². The van der Waals surface area contributed by atoms with Crippen molar-refractivity contribution in [2.75, 3.05) is 0 Å². The van der Waals surface area contributed by atoms with Crippen LogP contribution in [0.3, 0.4) is 0 Å². The Morgan fingerprint density at radius 3 is 2.35 bits per heavy atom. The summed E-state index contributed by atoms with van der Waals surface area (Å²) in [5.41, 5.74) is 10.5. The molecule has 5 rings (SSSR count). The number of rotatable bonds is 2. The first-order chi connectivity index (χ1) is 9.53. The normalized spacial score (nSPS) is 43.8. The summed E-state index contributed by atoms with van der Waals surface area (Å²) in [6.45, 7) is 4.56. The van der Waals surface area contributed by atoms with Crippen LogP contribution in [0.15, 0.2) is 24.3 Å². The van der Waals surface area contributed by atoms with Crippen molar-refractivity contribution in [3.8, 4) is 0 Å². The smallest absolute Gasteiger partial charge is 0.00675 e. The van der Waals surface area contributed by atoms with Gasteiger partial charge < -0.3 is 5.73 Å². The maximum Gasteiger partial charge on any atom is 0.00675 e. The molecule has 3 unspecified atom stereocenters. The standard InChI is InChI=1S/C19H27N/c1-13-5-3-4-6-17(13)19-10-15-7-16(11-19)9-18(8-15,12-19)14(2)20/h3-6,14-16H,7-12,20H2,1-2H3. The van der Waals surface area contributed by atoms with Crippen LogP contribution in [-0.2, 0) is 5.41 Å². The average Bonchev–Trinajstić information content (AvgIpc) is 2.37. The minimum Gasteiger partial charge on any atom is -0.327 e. The first kappa shape index (κ1) is 12.9. The van der Waals surface area contributed by atoms with Crippen LogP contribution in [0.25, 0.3) is 0 Å². The fraction of sp³-hybridized carbons (Fsp3) is 0.684. The Kier molecular flexibility index (Phi) is 2.64. The van der Waals surface area contributed by atoms with Crippen molar-refractivity contribution < 1.29 is 0 Å². The highest BCUT2D eigenvalue weighted by Gasteiger charge is 2.59. The molecule has 0 saturated heterocycles. The van der Waals surface area contributed by atoms with E-state index in [1.807, 2.05) is 0 Å². The fourth-order valence-electron chi connectivity index (χ4n) is 6.35. The van der Waals surface area contributed by atoms with Gasteiger partial charge in [-0.1, -0.05) is 24.3 Å². The van der Waals surface area contributed by atoms with E-state index in [2.05, 4.69) is 38.1 Å². The highest BCUT2D eigenvalue weighted by Crippen LogP contribution is 2.66. The van der Waals surface area contributed by atoms with Crippen LogP contribution >= 0.6 is 0 Å². The van der Waals surface area contributed by atoms with Gasteiger partial charge in [0.15, 0.2) is 0 Å². The maximum atomic E-state index is 6.47. The fourth-order valence-corrected chi connectivity index (χ4v) is 6.35. The van der Waals surface area contributed by atoms with Crippen LogP contribution in [0, 0.1) is 24.2 Å². The van der Waals surface area contributed by atoms with E-state index in [1.54, 1.807) is 5.56 Å². The zero-order valence-corrected chi connectivity index (χ0v) is 12.9. The summed E-state index contributed by atoms with van der Waals surface area (Å²) in [4.78, 5) is 0. The molecule has 0 spiro atoms. The van der Waals surface area contributed by atoms with Crippen molar-refractivity contribution in [2.24, 2.45) is 23.0 Å². The molecule has 4 aliphatic carbocycles. The molecule has 1 heteroatoms. The van der Waals surface area contributed by atoms with Crippen LogP contribution in [0.2, 0.25) is 0 Å². The Morgan fingerprint density at radius 1 is 1.10 bits per heavy atom. The maximum absolute atomic E-state index is 6.47. The molecule has 0 heterocycles. The SMILES string of the molecule is Cc1ccccc1C12CC3CC(C1)CC(C(C)N)(C3)C2. The lowest BCUT2D eigenvalue weighted by molar-refractivity contribution is -0.0823. The van der Waals surface area contributed by atoms with E-state index in [4.69, 9.17) is 5.73 Å². The van der Waals surface area contributed by atoms with Gasteiger partial charge >= 0.3 is 0 Å². The third-order valence-corrected chi connectivity index (χ3v) is 6.79. The first-order valence-corrected chi connectivity index (χ1v) is 8.35. The number of aryl methyl sites for hydroxylation is 1. The highest BCUT2D eigenvalue weighted by atomic mass is 14.7. The molecule has 4 saturated carbocycles. The molecule has 0 aliphatic heterocycles. The summed E-state index contributed by atoms with van der Waals surface area (Å²) >= 11 is 0. The van der Waals surface area contributed by atoms with E-state index in [0.717, 1.165) is 11.8 Å². The van der Waals surface area contributed by atoms with Crippen molar-refractivity contribution in [2.45, 2.75) is 63.8 Å². The molecule has 1 nitrogen and oxygen atoms in total. The Bertz CT molecular complexity index is 516. The van der Waals surface area contributed by atoms with Crippen LogP contribution < -0.4 is 5.73 Å². The Hall–Kier alpha value is -0.820. The van der Waals surface area contributed by atoms with Gasteiger partial charge in [0.1, 0.15) is 0 Å². The summed E-state index contributed by atoms with van der Waals surface area (Å²) < 4.78 is 0. The van der Waals surface area contributed by atoms with E-state index in [9.17, 15) is 0 Å². The molecule has 4 bridgehead atoms. The van der Waals surface area contributed by atoms with Crippen molar-refractivity contribution in [1.29, 1.82) is 0 Å². The molecule has 4 aliphatic rings. The predicted molar refractivity (Wildman–Crippen MR) is 83.6 cm³/mol. The van der Waals surface area contributed by atoms with E-state index in [1.165, 1.54) is 44.1 Å². The molecule has 4 fully saturated rings. The molecule has 0 radical (unpaired) electrons. The lowest BCUT2D eigenvalue weighted by Gasteiger charge is -2.64. The minimum absolute atomic E-state index is 0.358. The molecule has 0 aromatic heterocycles. The number of hydrogen-bond donors (Lipinski definition) is 1. The summed E-state index contributed by atoms with van der Waals surface area (Å²) in [5.74, 6) is 1.86. The molecule has 2 N–H and O–H groups in total. The predicted octanol–water partition coefficient (Wildman–Crippen LogP) is 4.18. The second-order valence-corrected chi connectivity index (χ2v) is 8.21. The summed E-state index contributed by atoms with van der Waals surface area (Å²) in [7, 11) is 0. The van der Waals surface area contributed by atoms with Gasteiger partial charge in [-0.2, -0.15) is 0 Å². The minimum atomic E-state index is 0.358. The topological polar surface area (TPSA) is 26.0 Å². The van der Waals surface area contributed by atoms with Crippen molar-refractivity contribution >= 4 is 0 Å². The van der Waals surface area contributed by atoms with Gasteiger partial charge in [0.2, 0.25) is 0 Å². The molecule has 0 amide bonds. The van der Waals surface area contributed by atoms with Gasteiger partial charge in [-0.05, 0) is 86.2 Å². The molecule has 108 valence electrons. The molecular weight excluding hydrogens is 242 g/mol. The molecule has 1 aromatic carbocycles. The van der Waals surface area contributed by atoms with E-state index in [0.29, 0.717) is 16.9 Å². The van der Waals surface area contributed by atoms with E-state index >= 15 is 0 Å². The second-order valence-electron chi connectivity index (χ2n) is 8.21. The lowest BCUT2D eigenvalue weighted by Crippen LogP contribution is -2.59. The third kappa shape index (κ3) is 1.65. The Balaban J connectivity index is 1.81. The van der Waals surface area contributed by atoms with Crippen LogP contribution in [0.5, 0.6) is 0 Å². The van der Waals surface area contributed by atoms with E-state index in [-0.39, 0.29) is 0 Å². The Morgan fingerprint density at radius 2 is 1.75 bits per heavy atom. The molecule has 1 aromatic rings. The first-order valence-electron chi connectivity index (χ1n) is 8.35. The largest absolute Gasteiger partial charge is 0.327 e. The monoisotopic (exact) mass is 269 g/mol. The van der Waals surface area contributed by atoms with Gasteiger partial charge in [0.25, 0.3) is 0 Å². The lowest BCUT2D eigenvalue weighted by atomic mass is 9.41. The number of nitrogens with two attached hydrogens (primary N) is 1. The van der Waals surface area contributed by atoms with Crippen molar-refractivity contribution in [3.63, 3.8) is 0 Å². The molecule has 20 heavy (non-hydrogen) atoms. The van der Waals surface area contributed by atoms with Crippen molar-refractivity contribution in [3.05, 3.63) is 35.4 Å². The third-order valence-electron chi connectivity index (χ3n) is 6.79. The Labute approximate surface area is 122 Å².